The van der Waals surface area contributed by atoms with Gasteiger partial charge in [0.2, 0.25) is 10.0 Å². The third kappa shape index (κ3) is 3.28. The minimum absolute atomic E-state index is 0.00602. The number of aryl methyl sites for hydroxylation is 1. The minimum atomic E-state index is -3.93. The van der Waals surface area contributed by atoms with Crippen molar-refractivity contribution in [1.29, 1.82) is 0 Å². The number of nitrogens with two attached hydrogens (primary N) is 1. The smallest absolute Gasteiger partial charge is 0.303 e. The molecule has 5 nitrogen and oxygen atoms in total. The van der Waals surface area contributed by atoms with Crippen LogP contribution in [0.3, 0.4) is 0 Å². The van der Waals surface area contributed by atoms with Crippen molar-refractivity contribution >= 4 is 16.0 Å². The highest BCUT2D eigenvalue weighted by molar-refractivity contribution is 7.89. The molecular formula is C9H10FNO4S. The van der Waals surface area contributed by atoms with Gasteiger partial charge in [0.05, 0.1) is 4.90 Å². The number of primary sulfonamides is 1. The van der Waals surface area contributed by atoms with Crippen LogP contribution >= 0.6 is 0 Å². The molecule has 0 unspecified atom stereocenters. The summed E-state index contributed by atoms with van der Waals surface area (Å²) < 4.78 is 35.1. The first-order chi connectivity index (χ1) is 7.30. The molecule has 0 aliphatic heterocycles. The molecule has 0 spiro atoms. The number of rotatable bonds is 4. The van der Waals surface area contributed by atoms with E-state index in [1.165, 1.54) is 6.07 Å². The summed E-state index contributed by atoms with van der Waals surface area (Å²) in [5.74, 6) is -1.82. The topological polar surface area (TPSA) is 97.5 Å². The molecule has 0 aliphatic rings. The summed E-state index contributed by atoms with van der Waals surface area (Å²) in [4.78, 5) is 9.94. The van der Waals surface area contributed by atoms with E-state index in [0.717, 1.165) is 12.1 Å². The maximum absolute atomic E-state index is 13.3. The van der Waals surface area contributed by atoms with Crippen molar-refractivity contribution in [2.45, 2.75) is 17.7 Å². The zero-order chi connectivity index (χ0) is 12.3. The van der Waals surface area contributed by atoms with Crippen molar-refractivity contribution in [3.8, 4) is 0 Å². The lowest BCUT2D eigenvalue weighted by molar-refractivity contribution is -0.136. The van der Waals surface area contributed by atoms with E-state index in [4.69, 9.17) is 10.2 Å². The van der Waals surface area contributed by atoms with Crippen LogP contribution in [0.25, 0.3) is 0 Å². The molecule has 0 atom stereocenters. The predicted octanol–water partition coefficient (Wildman–Crippen LogP) is 0.490. The highest BCUT2D eigenvalue weighted by Crippen LogP contribution is 2.15. The Labute approximate surface area is 91.7 Å². The molecule has 0 aliphatic carbocycles. The van der Waals surface area contributed by atoms with E-state index in [1.807, 2.05) is 0 Å². The highest BCUT2D eigenvalue weighted by Gasteiger charge is 2.12. The number of hydrogen-bond donors (Lipinski definition) is 2. The van der Waals surface area contributed by atoms with E-state index in [9.17, 15) is 17.6 Å². The first-order valence-corrected chi connectivity index (χ1v) is 5.88. The summed E-state index contributed by atoms with van der Waals surface area (Å²) in [6.45, 7) is 0. The first-order valence-electron chi connectivity index (χ1n) is 4.34. The Morgan fingerprint density at radius 2 is 2.06 bits per heavy atom. The van der Waals surface area contributed by atoms with Gasteiger partial charge in [-0.15, -0.1) is 0 Å². The number of benzene rings is 1. The quantitative estimate of drug-likeness (QED) is 0.809. The molecule has 16 heavy (non-hydrogen) atoms. The van der Waals surface area contributed by atoms with Gasteiger partial charge in [-0.25, -0.2) is 17.9 Å². The van der Waals surface area contributed by atoms with Gasteiger partial charge in [-0.3, -0.25) is 4.79 Å². The van der Waals surface area contributed by atoms with Crippen molar-refractivity contribution in [3.05, 3.63) is 29.6 Å². The molecule has 0 radical (unpaired) electrons. The fourth-order valence-electron chi connectivity index (χ4n) is 1.15. The van der Waals surface area contributed by atoms with Crippen LogP contribution < -0.4 is 5.14 Å². The van der Waals surface area contributed by atoms with E-state index >= 15 is 0 Å². The molecule has 0 aromatic heterocycles. The maximum Gasteiger partial charge on any atom is 0.303 e. The van der Waals surface area contributed by atoms with Crippen molar-refractivity contribution in [1.82, 2.24) is 0 Å². The fraction of sp³-hybridized carbons (Fsp3) is 0.222. The minimum Gasteiger partial charge on any atom is -0.481 e. The van der Waals surface area contributed by atoms with Gasteiger partial charge in [0.25, 0.3) is 0 Å². The van der Waals surface area contributed by atoms with Gasteiger partial charge >= 0.3 is 5.97 Å². The van der Waals surface area contributed by atoms with Gasteiger partial charge in [0.15, 0.2) is 0 Å². The van der Waals surface area contributed by atoms with Crippen LogP contribution in [0.2, 0.25) is 0 Å². The molecule has 0 bridgehead atoms. The van der Waals surface area contributed by atoms with Gasteiger partial charge in [0.1, 0.15) is 5.82 Å². The van der Waals surface area contributed by atoms with Crippen molar-refractivity contribution in [2.24, 2.45) is 5.14 Å². The Bertz CT molecular complexity index is 512. The number of sulfonamides is 1. The Hall–Kier alpha value is -1.47. The zero-order valence-electron chi connectivity index (χ0n) is 8.18. The van der Waals surface area contributed by atoms with Crippen LogP contribution in [-0.2, 0) is 21.2 Å². The molecule has 1 rings (SSSR count). The van der Waals surface area contributed by atoms with Gasteiger partial charge < -0.3 is 5.11 Å². The molecule has 0 fully saturated rings. The molecule has 88 valence electrons. The molecule has 0 amide bonds. The second-order valence-electron chi connectivity index (χ2n) is 3.19. The fourth-order valence-corrected chi connectivity index (χ4v) is 1.67. The average molecular weight is 247 g/mol. The van der Waals surface area contributed by atoms with Crippen LogP contribution in [0.4, 0.5) is 4.39 Å². The predicted molar refractivity (Wildman–Crippen MR) is 53.7 cm³/mol. The van der Waals surface area contributed by atoms with Crippen molar-refractivity contribution in [3.63, 3.8) is 0 Å². The molecule has 0 heterocycles. The van der Waals surface area contributed by atoms with Crippen LogP contribution in [0.15, 0.2) is 23.1 Å². The zero-order valence-corrected chi connectivity index (χ0v) is 9.00. The summed E-state index contributed by atoms with van der Waals surface area (Å²) >= 11 is 0. The summed E-state index contributed by atoms with van der Waals surface area (Å²) in [7, 11) is -3.93. The van der Waals surface area contributed by atoms with Crippen LogP contribution in [0.5, 0.6) is 0 Å². The number of halogens is 1. The standard InChI is InChI=1S/C9H10FNO4S/c10-8-5-7(16(11,14)15)3-1-6(8)2-4-9(12)13/h1,3,5H,2,4H2,(H,12,13)(H2,11,14,15). The first kappa shape index (κ1) is 12.6. The van der Waals surface area contributed by atoms with Gasteiger partial charge in [-0.2, -0.15) is 0 Å². The lowest BCUT2D eigenvalue weighted by Gasteiger charge is -2.03. The Balaban J connectivity index is 2.96. The van der Waals surface area contributed by atoms with Crippen LogP contribution in [0.1, 0.15) is 12.0 Å². The number of aliphatic carboxylic acids is 1. The van der Waals surface area contributed by atoms with E-state index in [2.05, 4.69) is 0 Å². The molecule has 0 saturated carbocycles. The van der Waals surface area contributed by atoms with Crippen molar-refractivity contribution < 1.29 is 22.7 Å². The molecule has 1 aromatic carbocycles. The van der Waals surface area contributed by atoms with Crippen molar-refractivity contribution in [2.75, 3.05) is 0 Å². The number of carboxylic acids is 1. The summed E-state index contributed by atoms with van der Waals surface area (Å²) in [6, 6.07) is 3.15. The van der Waals surface area contributed by atoms with E-state index in [-0.39, 0.29) is 23.3 Å². The third-order valence-electron chi connectivity index (χ3n) is 1.96. The second kappa shape index (κ2) is 4.58. The van der Waals surface area contributed by atoms with Gasteiger partial charge in [-0.1, -0.05) is 6.07 Å². The SMILES string of the molecule is NS(=O)(=O)c1ccc(CCC(=O)O)c(F)c1. The molecular weight excluding hydrogens is 237 g/mol. The van der Waals surface area contributed by atoms with E-state index < -0.39 is 21.8 Å². The van der Waals surface area contributed by atoms with Crippen LogP contribution in [-0.4, -0.2) is 19.5 Å². The monoisotopic (exact) mass is 247 g/mol. The summed E-state index contributed by atoms with van der Waals surface area (Å²) in [5.41, 5.74) is 0.148. The van der Waals surface area contributed by atoms with E-state index in [1.54, 1.807) is 0 Å². The van der Waals surface area contributed by atoms with Crippen LogP contribution in [0, 0.1) is 5.82 Å². The molecule has 7 heteroatoms. The summed E-state index contributed by atoms with van der Waals surface area (Å²) in [5, 5.41) is 13.2. The number of carbonyl (C=O) groups is 1. The Kier molecular flexibility index (Phi) is 3.61. The lowest BCUT2D eigenvalue weighted by atomic mass is 10.1. The highest BCUT2D eigenvalue weighted by atomic mass is 32.2. The molecule has 3 N–H and O–H groups in total. The van der Waals surface area contributed by atoms with E-state index in [0.29, 0.717) is 0 Å². The second-order valence-corrected chi connectivity index (χ2v) is 4.75. The Morgan fingerprint density at radius 3 is 2.50 bits per heavy atom. The number of carboxylic acid groups (broad SMARTS) is 1. The molecule has 1 aromatic rings. The van der Waals surface area contributed by atoms with Gasteiger partial charge in [0, 0.05) is 6.42 Å². The summed E-state index contributed by atoms with van der Waals surface area (Å²) in [6.07, 6.45) is -0.211. The number of hydrogen-bond acceptors (Lipinski definition) is 3. The van der Waals surface area contributed by atoms with Gasteiger partial charge in [-0.05, 0) is 24.1 Å². The normalized spacial score (nSPS) is 11.4. The largest absolute Gasteiger partial charge is 0.481 e. The maximum atomic E-state index is 13.3. The molecule has 0 saturated heterocycles. The lowest BCUT2D eigenvalue weighted by Crippen LogP contribution is -2.12. The average Bonchev–Trinajstić information content (AvgIpc) is 2.14. The third-order valence-corrected chi connectivity index (χ3v) is 2.87. The Morgan fingerprint density at radius 1 is 1.44 bits per heavy atom.